The predicted molar refractivity (Wildman–Crippen MR) is 78.6 cm³/mol. The first-order valence-corrected chi connectivity index (χ1v) is 7.38. The smallest absolute Gasteiger partial charge is 0.349 e. The van der Waals surface area contributed by atoms with Gasteiger partial charge in [-0.05, 0) is 55.7 Å². The number of aromatic nitrogens is 1. The quantitative estimate of drug-likeness (QED) is 0.850. The first kappa shape index (κ1) is 15.3. The number of nitrogens with zero attached hydrogens (tertiary/aromatic N) is 1. The second-order valence-corrected chi connectivity index (χ2v) is 6.68. The van der Waals surface area contributed by atoms with Crippen LogP contribution < -0.4 is 10.1 Å². The van der Waals surface area contributed by atoms with Gasteiger partial charge in [-0.25, -0.2) is 4.79 Å². The third-order valence-corrected chi connectivity index (χ3v) is 3.24. The summed E-state index contributed by atoms with van der Waals surface area (Å²) in [4.78, 5) is 16.3. The van der Waals surface area contributed by atoms with E-state index in [-0.39, 0.29) is 12.0 Å². The Hall–Kier alpha value is -1.14. The summed E-state index contributed by atoms with van der Waals surface area (Å²) in [6.07, 6.45) is 3.49. The van der Waals surface area contributed by atoms with Crippen LogP contribution in [0.5, 0.6) is 5.75 Å². The molecule has 2 heterocycles. The molecule has 110 valence electrons. The fourth-order valence-corrected chi connectivity index (χ4v) is 2.17. The van der Waals surface area contributed by atoms with Crippen LogP contribution in [0, 0.1) is 0 Å². The normalized spacial score (nSPS) is 19.9. The molecule has 1 unspecified atom stereocenters. The molecule has 0 aromatic carbocycles. The van der Waals surface area contributed by atoms with E-state index in [0.29, 0.717) is 5.75 Å². The molecule has 0 radical (unpaired) electrons. The summed E-state index contributed by atoms with van der Waals surface area (Å²) in [5.74, 6) is 0.193. The first-order valence-electron chi connectivity index (χ1n) is 6.58. The highest BCUT2D eigenvalue weighted by molar-refractivity contribution is 9.10. The van der Waals surface area contributed by atoms with Crippen LogP contribution in [-0.2, 0) is 9.53 Å². The Morgan fingerprint density at radius 3 is 2.70 bits per heavy atom. The van der Waals surface area contributed by atoms with Crippen molar-refractivity contribution < 1.29 is 14.3 Å². The summed E-state index contributed by atoms with van der Waals surface area (Å²) in [5, 5.41) is 3.19. The molecule has 1 aromatic heterocycles. The minimum Gasteiger partial charge on any atom is -0.475 e. The molecule has 1 aromatic rings. The second-order valence-electron chi connectivity index (χ2n) is 5.76. The van der Waals surface area contributed by atoms with Gasteiger partial charge in [-0.3, -0.25) is 4.98 Å². The number of carbonyl (C=O) groups is 1. The highest BCUT2D eigenvalue weighted by Gasteiger charge is 2.37. The molecule has 6 heteroatoms. The van der Waals surface area contributed by atoms with E-state index < -0.39 is 11.7 Å². The fourth-order valence-electron chi connectivity index (χ4n) is 1.83. The second kappa shape index (κ2) is 6.10. The molecule has 1 N–H and O–H groups in total. The Labute approximate surface area is 127 Å². The van der Waals surface area contributed by atoms with Crippen LogP contribution >= 0.6 is 15.9 Å². The summed E-state index contributed by atoms with van der Waals surface area (Å²) in [6, 6.07) is 1.77. The molecule has 1 aliphatic heterocycles. The van der Waals surface area contributed by atoms with Gasteiger partial charge in [0.15, 0.2) is 0 Å². The molecular weight excluding hydrogens is 324 g/mol. The molecule has 1 aliphatic rings. The van der Waals surface area contributed by atoms with Crippen molar-refractivity contribution in [2.24, 2.45) is 0 Å². The lowest BCUT2D eigenvalue weighted by Gasteiger charge is -2.35. The van der Waals surface area contributed by atoms with Gasteiger partial charge in [0, 0.05) is 10.7 Å². The Bertz CT molecular complexity index is 484. The largest absolute Gasteiger partial charge is 0.475 e. The van der Waals surface area contributed by atoms with Gasteiger partial charge in [0.25, 0.3) is 0 Å². The van der Waals surface area contributed by atoms with Crippen LogP contribution in [0.15, 0.2) is 22.9 Å². The van der Waals surface area contributed by atoms with Crippen LogP contribution in [0.2, 0.25) is 0 Å². The van der Waals surface area contributed by atoms with Crippen LogP contribution in [0.4, 0.5) is 0 Å². The van der Waals surface area contributed by atoms with Crippen molar-refractivity contribution in [2.75, 3.05) is 6.54 Å². The van der Waals surface area contributed by atoms with Gasteiger partial charge in [0.1, 0.15) is 11.4 Å². The number of pyridine rings is 1. The lowest BCUT2D eigenvalue weighted by atomic mass is 10.0. The zero-order valence-corrected chi connectivity index (χ0v) is 13.4. The Kier molecular flexibility index (Phi) is 4.65. The van der Waals surface area contributed by atoms with Gasteiger partial charge in [-0.2, -0.15) is 0 Å². The Morgan fingerprint density at radius 1 is 1.50 bits per heavy atom. The SMILES string of the molecule is CC(C)(C)OC(=O)C(Oc1cncc(Br)c1)[C@H]1CCN1. The van der Waals surface area contributed by atoms with Crippen molar-refractivity contribution in [3.8, 4) is 5.75 Å². The zero-order valence-electron chi connectivity index (χ0n) is 11.9. The van der Waals surface area contributed by atoms with E-state index in [1.165, 1.54) is 0 Å². The standard InChI is InChI=1S/C14H19BrN2O3/c1-14(2,3)20-13(18)12(11-4-5-17-11)19-10-6-9(15)7-16-8-10/h6-8,11-12,17H,4-5H2,1-3H3/t11-,12?/m1/s1. The van der Waals surface area contributed by atoms with Crippen LogP contribution in [0.3, 0.4) is 0 Å². The Morgan fingerprint density at radius 2 is 2.20 bits per heavy atom. The molecule has 2 atom stereocenters. The number of rotatable bonds is 4. The van der Waals surface area contributed by atoms with Crippen molar-refractivity contribution in [2.45, 2.75) is 44.9 Å². The van der Waals surface area contributed by atoms with Crippen molar-refractivity contribution >= 4 is 21.9 Å². The van der Waals surface area contributed by atoms with Gasteiger partial charge >= 0.3 is 5.97 Å². The van der Waals surface area contributed by atoms with Gasteiger partial charge < -0.3 is 14.8 Å². The summed E-state index contributed by atoms with van der Waals surface area (Å²) in [7, 11) is 0. The van der Waals surface area contributed by atoms with Crippen molar-refractivity contribution in [3.63, 3.8) is 0 Å². The summed E-state index contributed by atoms with van der Waals surface area (Å²) >= 11 is 3.33. The van der Waals surface area contributed by atoms with E-state index in [0.717, 1.165) is 17.4 Å². The zero-order chi connectivity index (χ0) is 14.8. The summed E-state index contributed by atoms with van der Waals surface area (Å²) in [5.41, 5.74) is -0.530. The maximum Gasteiger partial charge on any atom is 0.349 e. The van der Waals surface area contributed by atoms with Gasteiger partial charge in [-0.1, -0.05) is 0 Å². The van der Waals surface area contributed by atoms with Gasteiger partial charge in [0.2, 0.25) is 6.10 Å². The third-order valence-electron chi connectivity index (χ3n) is 2.81. The number of ether oxygens (including phenoxy) is 2. The highest BCUT2D eigenvalue weighted by Crippen LogP contribution is 2.22. The highest BCUT2D eigenvalue weighted by atomic mass is 79.9. The maximum atomic E-state index is 12.3. The molecule has 0 amide bonds. The average molecular weight is 343 g/mol. The molecule has 0 bridgehead atoms. The number of hydrogen-bond donors (Lipinski definition) is 1. The third kappa shape index (κ3) is 4.18. The van der Waals surface area contributed by atoms with Crippen LogP contribution in [-0.4, -0.2) is 35.2 Å². The average Bonchev–Trinajstić information content (AvgIpc) is 2.23. The lowest BCUT2D eigenvalue weighted by molar-refractivity contribution is -0.165. The van der Waals surface area contributed by atoms with Crippen molar-refractivity contribution in [1.82, 2.24) is 10.3 Å². The molecule has 1 fully saturated rings. The predicted octanol–water partition coefficient (Wildman–Crippen LogP) is 2.30. The van der Waals surface area contributed by atoms with E-state index in [2.05, 4.69) is 26.2 Å². The first-order chi connectivity index (χ1) is 9.35. The molecule has 0 spiro atoms. The molecular formula is C14H19BrN2O3. The lowest BCUT2D eigenvalue weighted by Crippen LogP contribution is -2.57. The number of halogens is 1. The Balaban J connectivity index is 2.09. The van der Waals surface area contributed by atoms with Crippen molar-refractivity contribution in [3.05, 3.63) is 22.9 Å². The molecule has 5 nitrogen and oxygen atoms in total. The summed E-state index contributed by atoms with van der Waals surface area (Å²) in [6.45, 7) is 6.43. The maximum absolute atomic E-state index is 12.3. The number of carbonyl (C=O) groups excluding carboxylic acids is 1. The molecule has 0 saturated carbocycles. The number of esters is 1. The molecule has 2 rings (SSSR count). The van der Waals surface area contributed by atoms with E-state index in [9.17, 15) is 4.79 Å². The van der Waals surface area contributed by atoms with Crippen molar-refractivity contribution in [1.29, 1.82) is 0 Å². The number of nitrogens with one attached hydrogen (secondary N) is 1. The van der Waals surface area contributed by atoms with Crippen LogP contribution in [0.1, 0.15) is 27.2 Å². The van der Waals surface area contributed by atoms with Crippen LogP contribution in [0.25, 0.3) is 0 Å². The van der Waals surface area contributed by atoms with E-state index in [1.54, 1.807) is 18.5 Å². The molecule has 0 aliphatic carbocycles. The topological polar surface area (TPSA) is 60.5 Å². The molecule has 1 saturated heterocycles. The van der Waals surface area contributed by atoms with E-state index in [1.807, 2.05) is 20.8 Å². The van der Waals surface area contributed by atoms with E-state index >= 15 is 0 Å². The van der Waals surface area contributed by atoms with Gasteiger partial charge in [0.05, 0.1) is 12.2 Å². The molecule has 20 heavy (non-hydrogen) atoms. The number of hydrogen-bond acceptors (Lipinski definition) is 5. The minimum atomic E-state index is -0.654. The fraction of sp³-hybridized carbons (Fsp3) is 0.571. The monoisotopic (exact) mass is 342 g/mol. The van der Waals surface area contributed by atoms with Gasteiger partial charge in [-0.15, -0.1) is 0 Å². The summed E-state index contributed by atoms with van der Waals surface area (Å²) < 4.78 is 12.0. The minimum absolute atomic E-state index is 0.0103. The van der Waals surface area contributed by atoms with E-state index in [4.69, 9.17) is 9.47 Å².